The van der Waals surface area contributed by atoms with E-state index in [1.165, 1.54) is 6.33 Å². The summed E-state index contributed by atoms with van der Waals surface area (Å²) < 4.78 is 5.05. The van der Waals surface area contributed by atoms with E-state index in [-0.39, 0.29) is 11.7 Å². The zero-order valence-electron chi connectivity index (χ0n) is 12.0. The zero-order valence-corrected chi connectivity index (χ0v) is 12.0. The third-order valence-electron chi connectivity index (χ3n) is 3.27. The number of methoxy groups -OCH3 is 1. The van der Waals surface area contributed by atoms with E-state index in [0.717, 1.165) is 5.56 Å². The van der Waals surface area contributed by atoms with Crippen LogP contribution in [0.25, 0.3) is 11.0 Å². The second-order valence-electron chi connectivity index (χ2n) is 4.77. The second kappa shape index (κ2) is 5.82. The van der Waals surface area contributed by atoms with E-state index >= 15 is 0 Å². The fourth-order valence-electron chi connectivity index (χ4n) is 2.22. The molecule has 0 aliphatic rings. The summed E-state index contributed by atoms with van der Waals surface area (Å²) in [7, 11) is 1.64. The van der Waals surface area contributed by atoms with E-state index in [4.69, 9.17) is 10.5 Å². The van der Waals surface area contributed by atoms with Crippen molar-refractivity contribution in [3.8, 4) is 0 Å². The van der Waals surface area contributed by atoms with Crippen LogP contribution in [0, 0.1) is 0 Å². The highest BCUT2D eigenvalue weighted by Crippen LogP contribution is 2.22. The number of hydrogen-bond acceptors (Lipinski definition) is 5. The number of hydrogen-bond donors (Lipinski definition) is 3. The van der Waals surface area contributed by atoms with Gasteiger partial charge >= 0.3 is 0 Å². The van der Waals surface area contributed by atoms with Gasteiger partial charge < -0.3 is 20.8 Å². The highest BCUT2D eigenvalue weighted by atomic mass is 16.5. The molecule has 0 aliphatic carbocycles. The Morgan fingerprint density at radius 1 is 1.32 bits per heavy atom. The minimum Gasteiger partial charge on any atom is -0.383 e. The molecule has 7 nitrogen and oxygen atoms in total. The maximum Gasteiger partial charge on any atom is 0.258 e. The molecule has 2 heterocycles. The van der Waals surface area contributed by atoms with Crippen LogP contribution in [0.4, 0.5) is 11.5 Å². The van der Waals surface area contributed by atoms with Gasteiger partial charge in [0.15, 0.2) is 0 Å². The van der Waals surface area contributed by atoms with Crippen LogP contribution in [0.5, 0.6) is 0 Å². The molecule has 1 amide bonds. The Bertz CT molecular complexity index is 810. The molecule has 0 spiro atoms. The lowest BCUT2D eigenvalue weighted by Gasteiger charge is -2.06. The number of ether oxygens (including phenoxy) is 1. The van der Waals surface area contributed by atoms with Crippen molar-refractivity contribution in [2.45, 2.75) is 6.61 Å². The predicted octanol–water partition coefficient (Wildman–Crippen LogP) is 1.94. The largest absolute Gasteiger partial charge is 0.383 e. The van der Waals surface area contributed by atoms with Gasteiger partial charge in [-0.2, -0.15) is 0 Å². The minimum atomic E-state index is -0.271. The molecule has 0 radical (unpaired) electrons. The molecule has 7 heteroatoms. The molecule has 0 bridgehead atoms. The summed E-state index contributed by atoms with van der Waals surface area (Å²) in [6.07, 6.45) is 2.93. The summed E-state index contributed by atoms with van der Waals surface area (Å²) in [4.78, 5) is 23.3. The van der Waals surface area contributed by atoms with Crippen LogP contribution in [0.15, 0.2) is 36.8 Å². The molecule has 3 aromatic rings. The number of nitrogens with two attached hydrogens (primary N) is 1. The quantitative estimate of drug-likeness (QED) is 0.682. The van der Waals surface area contributed by atoms with Crippen molar-refractivity contribution in [1.82, 2.24) is 15.0 Å². The summed E-state index contributed by atoms with van der Waals surface area (Å²) in [6, 6.07) is 7.43. The van der Waals surface area contributed by atoms with Crippen molar-refractivity contribution in [3.05, 3.63) is 47.9 Å². The number of nitrogens with zero attached hydrogens (tertiary/aromatic N) is 2. The van der Waals surface area contributed by atoms with Crippen LogP contribution in [0.3, 0.4) is 0 Å². The lowest BCUT2D eigenvalue weighted by molar-refractivity contribution is 0.102. The van der Waals surface area contributed by atoms with Crippen molar-refractivity contribution in [2.75, 3.05) is 18.2 Å². The van der Waals surface area contributed by atoms with Crippen molar-refractivity contribution in [1.29, 1.82) is 0 Å². The van der Waals surface area contributed by atoms with Crippen molar-refractivity contribution in [2.24, 2.45) is 0 Å². The van der Waals surface area contributed by atoms with Crippen LogP contribution in [0.1, 0.15) is 15.9 Å². The number of H-pyrrole nitrogens is 1. The second-order valence-corrected chi connectivity index (χ2v) is 4.77. The highest BCUT2D eigenvalue weighted by molar-refractivity contribution is 6.14. The first-order chi connectivity index (χ1) is 10.7. The maximum absolute atomic E-state index is 12.4. The number of benzene rings is 1. The smallest absolute Gasteiger partial charge is 0.258 e. The normalized spacial score (nSPS) is 10.8. The first-order valence-corrected chi connectivity index (χ1v) is 6.66. The van der Waals surface area contributed by atoms with E-state index in [1.54, 1.807) is 13.3 Å². The van der Waals surface area contributed by atoms with Crippen LogP contribution < -0.4 is 11.1 Å². The van der Waals surface area contributed by atoms with Gasteiger partial charge in [-0.15, -0.1) is 0 Å². The van der Waals surface area contributed by atoms with Crippen molar-refractivity contribution in [3.63, 3.8) is 0 Å². The first kappa shape index (κ1) is 14.0. The number of anilines is 2. The fraction of sp³-hybridized carbons (Fsp3) is 0.133. The number of nitrogens with one attached hydrogen (secondary N) is 2. The standard InChI is InChI=1S/C15H15N5O2/c1-22-7-9-2-4-10(5-3-9)20-15(21)11-6-17-14-12(11)13(16)18-8-19-14/h2-6,8H,7H2,1H3,(H,20,21)(H3,16,17,18,19). The number of aromatic nitrogens is 3. The molecule has 0 saturated heterocycles. The van der Waals surface area contributed by atoms with E-state index < -0.39 is 0 Å². The molecule has 0 aliphatic heterocycles. The third kappa shape index (κ3) is 2.61. The van der Waals surface area contributed by atoms with Gasteiger partial charge in [0, 0.05) is 19.0 Å². The van der Waals surface area contributed by atoms with E-state index in [1.807, 2.05) is 24.3 Å². The highest BCUT2D eigenvalue weighted by Gasteiger charge is 2.15. The van der Waals surface area contributed by atoms with E-state index in [2.05, 4.69) is 20.3 Å². The number of fused-ring (bicyclic) bond motifs is 1. The summed E-state index contributed by atoms with van der Waals surface area (Å²) >= 11 is 0. The van der Waals surface area contributed by atoms with Crippen LogP contribution >= 0.6 is 0 Å². The average molecular weight is 297 g/mol. The molecule has 0 atom stereocenters. The van der Waals surface area contributed by atoms with Gasteiger partial charge in [-0.1, -0.05) is 12.1 Å². The summed E-state index contributed by atoms with van der Waals surface area (Å²) in [6.45, 7) is 0.532. The molecule has 0 saturated carbocycles. The van der Waals surface area contributed by atoms with Crippen LogP contribution in [-0.4, -0.2) is 28.0 Å². The Morgan fingerprint density at radius 3 is 2.82 bits per heavy atom. The van der Waals surface area contributed by atoms with Crippen LogP contribution in [-0.2, 0) is 11.3 Å². The number of aromatic amines is 1. The number of rotatable bonds is 4. The topological polar surface area (TPSA) is 106 Å². The van der Waals surface area contributed by atoms with Gasteiger partial charge in [-0.05, 0) is 17.7 Å². The van der Waals surface area contributed by atoms with Crippen molar-refractivity contribution < 1.29 is 9.53 Å². The Kier molecular flexibility index (Phi) is 3.71. The van der Waals surface area contributed by atoms with Gasteiger partial charge in [0.25, 0.3) is 5.91 Å². The molecular weight excluding hydrogens is 282 g/mol. The molecule has 2 aromatic heterocycles. The SMILES string of the molecule is COCc1ccc(NC(=O)c2c[nH]c3ncnc(N)c23)cc1. The molecule has 0 unspecified atom stereocenters. The van der Waals surface area contributed by atoms with E-state index in [9.17, 15) is 4.79 Å². The number of carbonyl (C=O) groups is 1. The van der Waals surface area contributed by atoms with Crippen molar-refractivity contribution >= 4 is 28.4 Å². The summed E-state index contributed by atoms with van der Waals surface area (Å²) in [5.74, 6) is -0.000848. The molecule has 0 fully saturated rings. The van der Waals surface area contributed by atoms with Crippen LogP contribution in [0.2, 0.25) is 0 Å². The predicted molar refractivity (Wildman–Crippen MR) is 83.4 cm³/mol. The van der Waals surface area contributed by atoms with Gasteiger partial charge in [-0.25, -0.2) is 9.97 Å². The maximum atomic E-state index is 12.4. The monoisotopic (exact) mass is 297 g/mol. The molecular formula is C15H15N5O2. The Morgan fingerprint density at radius 2 is 2.09 bits per heavy atom. The van der Waals surface area contributed by atoms with Gasteiger partial charge in [0.2, 0.25) is 0 Å². The van der Waals surface area contributed by atoms with Gasteiger partial charge in [-0.3, -0.25) is 4.79 Å². The molecule has 22 heavy (non-hydrogen) atoms. The first-order valence-electron chi connectivity index (χ1n) is 6.66. The average Bonchev–Trinajstić information content (AvgIpc) is 2.95. The molecule has 4 N–H and O–H groups in total. The lowest BCUT2D eigenvalue weighted by atomic mass is 10.2. The summed E-state index contributed by atoms with van der Waals surface area (Å²) in [5.41, 5.74) is 8.49. The Labute approximate surface area is 126 Å². The van der Waals surface area contributed by atoms with Gasteiger partial charge in [0.05, 0.1) is 17.6 Å². The fourth-order valence-corrected chi connectivity index (χ4v) is 2.22. The van der Waals surface area contributed by atoms with Gasteiger partial charge in [0.1, 0.15) is 17.8 Å². The Hall–Kier alpha value is -2.93. The number of carbonyl (C=O) groups excluding carboxylic acids is 1. The molecule has 112 valence electrons. The molecule has 3 rings (SSSR count). The third-order valence-corrected chi connectivity index (χ3v) is 3.27. The lowest BCUT2D eigenvalue weighted by Crippen LogP contribution is -2.12. The summed E-state index contributed by atoms with van der Waals surface area (Å²) in [5, 5.41) is 3.35. The number of nitrogen functional groups attached to an aromatic ring is 1. The molecule has 1 aromatic carbocycles. The minimum absolute atomic E-state index is 0.270. The van der Waals surface area contributed by atoms with E-state index in [0.29, 0.717) is 28.9 Å². The Balaban J connectivity index is 1.84. The number of amides is 1. The zero-order chi connectivity index (χ0) is 15.5.